The van der Waals surface area contributed by atoms with Gasteiger partial charge in [0.2, 0.25) is 11.8 Å². The van der Waals surface area contributed by atoms with Gasteiger partial charge in [0, 0.05) is 63.8 Å². The number of nitrogens with one attached hydrogen (secondary N) is 3. The number of aliphatic hydroxyl groups is 1. The SMILES string of the molecule is CN(CCCCCCCCCCCCNC(=O)CCCCCCCCCCCCC(=O)COCCOCCNC(=O)CCc1c([N+](=O)[O-])cc([N+](=O)[O-])c(Nc2c([N+](=O)[O-])cc([N+](=O)[O-])cc2[N+](=O)[O-])c1[N+](=O)[O-])c1ccc2cc(/C=C/c3cc[n+](CCOCCOCCO)cc3)ccc2c1. The third-order valence-corrected chi connectivity index (χ3v) is 16.8. The van der Waals surface area contributed by atoms with Gasteiger partial charge in [-0.25, -0.2) is 4.57 Å². The molecule has 0 aliphatic heterocycles. The van der Waals surface area contributed by atoms with Crippen LogP contribution in [0.3, 0.4) is 0 Å². The van der Waals surface area contributed by atoms with Crippen molar-refractivity contribution in [1.82, 2.24) is 10.6 Å². The molecule has 4 N–H and O–H groups in total. The Morgan fingerprint density at radius 1 is 0.475 bits per heavy atom. The summed E-state index contributed by atoms with van der Waals surface area (Å²) in [5, 5.41) is 90.2. The molecule has 0 radical (unpaired) electrons. The summed E-state index contributed by atoms with van der Waals surface area (Å²) in [6, 6.07) is 18.3. The third kappa shape index (κ3) is 30.8. The van der Waals surface area contributed by atoms with Gasteiger partial charge in [-0.1, -0.05) is 133 Å². The first-order valence-electron chi connectivity index (χ1n) is 34.7. The molecule has 0 saturated carbocycles. The van der Waals surface area contributed by atoms with Gasteiger partial charge in [0.25, 0.3) is 11.4 Å². The number of hydrogen-bond acceptors (Lipinski definition) is 22. The maximum Gasteiger partial charge on any atom is 0.309 e. The molecule has 31 nitrogen and oxygen atoms in total. The van der Waals surface area contributed by atoms with Crippen molar-refractivity contribution in [3.63, 3.8) is 0 Å². The van der Waals surface area contributed by atoms with Crippen LogP contribution in [0.4, 0.5) is 51.2 Å². The van der Waals surface area contributed by atoms with Gasteiger partial charge in [-0.2, -0.15) is 0 Å². The minimum atomic E-state index is -1.42. The van der Waals surface area contributed by atoms with Crippen LogP contribution in [0.15, 0.2) is 79.1 Å². The first kappa shape index (κ1) is 82.1. The lowest BCUT2D eigenvalue weighted by Gasteiger charge is -2.20. The molecule has 0 saturated heterocycles. The van der Waals surface area contributed by atoms with Crippen molar-refractivity contribution < 1.29 is 72.5 Å². The second-order valence-corrected chi connectivity index (χ2v) is 24.5. The van der Waals surface area contributed by atoms with E-state index >= 15 is 0 Å². The molecular formula is C70H96N11O20+. The number of amides is 2. The van der Waals surface area contributed by atoms with Crippen molar-refractivity contribution >= 4 is 91.7 Å². The van der Waals surface area contributed by atoms with Gasteiger partial charge < -0.3 is 44.9 Å². The molecule has 0 atom stereocenters. The first-order chi connectivity index (χ1) is 48.8. The Balaban J connectivity index is 0.789. The Morgan fingerprint density at radius 3 is 1.55 bits per heavy atom. The van der Waals surface area contributed by atoms with E-state index in [0.29, 0.717) is 39.3 Å². The molecule has 5 rings (SSSR count). The van der Waals surface area contributed by atoms with Crippen LogP contribution in [0.1, 0.15) is 164 Å². The second-order valence-electron chi connectivity index (χ2n) is 24.5. The number of non-ortho nitro benzene ring substituents is 1. The number of nitro groups is 6. The molecular weight excluding hydrogens is 1310 g/mol. The van der Waals surface area contributed by atoms with Crippen LogP contribution in [0.2, 0.25) is 0 Å². The van der Waals surface area contributed by atoms with E-state index in [1.54, 1.807) is 0 Å². The zero-order chi connectivity index (χ0) is 73.2. The number of rotatable bonds is 56. The third-order valence-electron chi connectivity index (χ3n) is 16.8. The van der Waals surface area contributed by atoms with Crippen LogP contribution in [-0.4, -0.2) is 138 Å². The number of hydrogen-bond donors (Lipinski definition) is 4. The number of ketones is 1. The van der Waals surface area contributed by atoms with E-state index in [2.05, 4.69) is 100 Å². The molecule has 31 heteroatoms. The molecule has 0 aliphatic carbocycles. The summed E-state index contributed by atoms with van der Waals surface area (Å²) in [6.07, 6.45) is 30.3. The van der Waals surface area contributed by atoms with Crippen LogP contribution in [0.5, 0.6) is 0 Å². The quantitative estimate of drug-likeness (QED) is 0.0122. The molecule has 0 fully saturated rings. The van der Waals surface area contributed by atoms with Crippen molar-refractivity contribution in [2.75, 3.05) is 96.4 Å². The number of benzene rings is 4. The van der Waals surface area contributed by atoms with Crippen LogP contribution in [0.25, 0.3) is 22.9 Å². The summed E-state index contributed by atoms with van der Waals surface area (Å²) in [6.45, 7) is 4.39. The topological polar surface area (TPSA) is 410 Å². The summed E-state index contributed by atoms with van der Waals surface area (Å²) in [5.74, 6) is -0.704. The average Bonchev–Trinajstić information content (AvgIpc) is 0.761. The zero-order valence-corrected chi connectivity index (χ0v) is 57.6. The van der Waals surface area contributed by atoms with E-state index in [1.807, 2.05) is 5.32 Å². The van der Waals surface area contributed by atoms with E-state index in [9.17, 15) is 75.1 Å². The lowest BCUT2D eigenvalue weighted by Crippen LogP contribution is -2.35. The number of ether oxygens (including phenoxy) is 4. The molecule has 0 unspecified atom stereocenters. The number of fused-ring (bicyclic) bond motifs is 1. The van der Waals surface area contributed by atoms with Gasteiger partial charge in [0.1, 0.15) is 18.8 Å². The molecule has 1 heterocycles. The van der Waals surface area contributed by atoms with Crippen LogP contribution >= 0.6 is 0 Å². The summed E-state index contributed by atoms with van der Waals surface area (Å²) in [5.41, 5.74) is -7.75. The predicted molar refractivity (Wildman–Crippen MR) is 380 cm³/mol. The minimum Gasteiger partial charge on any atom is -0.394 e. The van der Waals surface area contributed by atoms with Gasteiger partial charge >= 0.3 is 22.7 Å². The van der Waals surface area contributed by atoms with Crippen LogP contribution in [-0.2, 0) is 46.3 Å². The number of pyridine rings is 1. The largest absolute Gasteiger partial charge is 0.394 e. The molecule has 101 heavy (non-hydrogen) atoms. The maximum atomic E-state index is 12.7. The summed E-state index contributed by atoms with van der Waals surface area (Å²) >= 11 is 0. The van der Waals surface area contributed by atoms with Crippen LogP contribution < -0.4 is 25.4 Å². The fourth-order valence-corrected chi connectivity index (χ4v) is 11.3. The van der Waals surface area contributed by atoms with E-state index in [-0.39, 0.29) is 69.5 Å². The number of anilines is 3. The second kappa shape index (κ2) is 46.7. The molecule has 0 bridgehead atoms. The van der Waals surface area contributed by atoms with E-state index in [1.165, 1.54) is 67.8 Å². The molecule has 0 aliphatic rings. The van der Waals surface area contributed by atoms with Crippen molar-refractivity contribution in [3.05, 3.63) is 156 Å². The van der Waals surface area contributed by atoms with Gasteiger partial charge in [-0.15, -0.1) is 0 Å². The van der Waals surface area contributed by atoms with Gasteiger partial charge in [0.15, 0.2) is 36.1 Å². The highest BCUT2D eigenvalue weighted by Crippen LogP contribution is 2.48. The van der Waals surface area contributed by atoms with Gasteiger partial charge in [-0.3, -0.25) is 75.1 Å². The molecule has 2 amide bonds. The lowest BCUT2D eigenvalue weighted by atomic mass is 10.0. The van der Waals surface area contributed by atoms with Gasteiger partial charge in [-0.05, 0) is 72.2 Å². The average molecular weight is 1410 g/mol. The molecule has 0 spiro atoms. The first-order valence-corrected chi connectivity index (χ1v) is 34.7. The Hall–Kier alpha value is -9.56. The summed E-state index contributed by atoms with van der Waals surface area (Å²) < 4.78 is 23.7. The highest BCUT2D eigenvalue weighted by molar-refractivity contribution is 5.91. The van der Waals surface area contributed by atoms with Gasteiger partial charge in [0.05, 0.1) is 94.0 Å². The zero-order valence-electron chi connectivity index (χ0n) is 57.6. The Bertz CT molecular complexity index is 3500. The Kier molecular flexibility index (Phi) is 38.0. The Labute approximate surface area is 586 Å². The fourth-order valence-electron chi connectivity index (χ4n) is 11.3. The monoisotopic (exact) mass is 1410 g/mol. The lowest BCUT2D eigenvalue weighted by molar-refractivity contribution is -0.698. The number of aromatic nitrogens is 1. The smallest absolute Gasteiger partial charge is 0.309 e. The maximum absolute atomic E-state index is 12.7. The number of Topliss-reactive ketones (excluding diaryl/α,β-unsaturated/α-hetero) is 1. The fraction of sp³-hybridized carbons (Fsp3) is 0.543. The van der Waals surface area contributed by atoms with E-state index in [4.69, 9.17) is 24.1 Å². The molecule has 4 aromatic carbocycles. The number of unbranched alkanes of at least 4 members (excludes halogenated alkanes) is 18. The van der Waals surface area contributed by atoms with E-state index in [0.717, 1.165) is 108 Å². The summed E-state index contributed by atoms with van der Waals surface area (Å²) in [4.78, 5) is 104. The number of aliphatic hydroxyl groups excluding tert-OH is 1. The highest BCUT2D eigenvalue weighted by Gasteiger charge is 2.40. The number of nitrogens with zero attached hydrogens (tertiary/aromatic N) is 8. The Morgan fingerprint density at radius 2 is 0.970 bits per heavy atom. The van der Waals surface area contributed by atoms with Crippen molar-refractivity contribution in [2.24, 2.45) is 0 Å². The minimum absolute atomic E-state index is 0.0236. The van der Waals surface area contributed by atoms with E-state index < -0.39 is 99.4 Å². The highest BCUT2D eigenvalue weighted by atomic mass is 16.7. The molecule has 5 aromatic rings. The van der Waals surface area contributed by atoms with Crippen molar-refractivity contribution in [1.29, 1.82) is 0 Å². The number of nitro benzene ring substituents is 6. The molecule has 1 aromatic heterocycles. The van der Waals surface area contributed by atoms with Crippen molar-refractivity contribution in [3.8, 4) is 0 Å². The standard InChI is InChI=1S/C70H95N11O20/c1-74(58-29-28-56-48-55(26-27-57(56)49-58)25-24-54-32-37-75(38-33-54)39-42-99-44-45-100-43-40-82)36-21-17-13-9-5-4-8-12-16-20-34-71-66(84)23-19-15-11-7-3-2-6-10-14-18-22-60(83)53-101-47-46-98-41-35-72-67(85)31-30-61-62(77(88)89)52-65(80(94)95)69(70(61)81(96)97)73-68-63(78(90)91)50-59(76(86)87)51-64(68)79(92)93/h24-29,32-33,37-38,48-52,73,82H,2-23,30-31,34-36,39-47,53H2,1H3,(H-,71,72,84,85)/p+1. The normalized spacial score (nSPS) is 11.3. The molecule has 550 valence electrons. The number of carbonyl (C=O) groups excluding carboxylic acids is 3. The predicted octanol–water partition coefficient (Wildman–Crippen LogP) is 13.0. The number of carbonyl (C=O) groups is 3. The van der Waals surface area contributed by atoms with Crippen molar-refractivity contribution in [2.45, 2.75) is 161 Å². The van der Waals surface area contributed by atoms with Crippen LogP contribution in [0, 0.1) is 60.7 Å². The summed E-state index contributed by atoms with van der Waals surface area (Å²) in [7, 11) is 2.18.